The molecule has 0 saturated carbocycles. The van der Waals surface area contributed by atoms with Crippen LogP contribution in [-0.2, 0) is 4.74 Å². The highest BCUT2D eigenvalue weighted by molar-refractivity contribution is 5.39. The third-order valence-electron chi connectivity index (χ3n) is 2.32. The average Bonchev–Trinajstić information content (AvgIpc) is 2.35. The number of benzene rings is 1. The molecule has 1 rings (SSSR count). The van der Waals surface area contributed by atoms with Crippen LogP contribution < -0.4 is 9.47 Å². The fraction of sp³-hybridized carbons (Fsp3) is 0.571. The van der Waals surface area contributed by atoms with E-state index >= 15 is 0 Å². The number of ether oxygens (including phenoxy) is 3. The molecule has 0 radical (unpaired) electrons. The Morgan fingerprint density at radius 1 is 0.944 bits per heavy atom. The summed E-state index contributed by atoms with van der Waals surface area (Å²) in [6, 6.07) is 7.69. The first-order valence-electron chi connectivity index (χ1n) is 6.31. The zero-order valence-corrected chi connectivity index (χ0v) is 11.5. The van der Waals surface area contributed by atoms with Crippen LogP contribution in [0.1, 0.15) is 6.92 Å². The highest BCUT2D eigenvalue weighted by atomic mass is 16.5. The van der Waals surface area contributed by atoms with Gasteiger partial charge in [-0.2, -0.15) is 0 Å². The van der Waals surface area contributed by atoms with Crippen LogP contribution in [0.15, 0.2) is 24.3 Å². The van der Waals surface area contributed by atoms with Crippen molar-refractivity contribution in [3.05, 3.63) is 24.3 Å². The highest BCUT2D eigenvalue weighted by Gasteiger charge is 2.02. The first-order valence-corrected chi connectivity index (χ1v) is 6.31. The Labute approximate surface area is 109 Å². The molecule has 0 aromatic heterocycles. The Kier molecular flexibility index (Phi) is 7.22. The monoisotopic (exact) mass is 253 g/mol. The second-order valence-electron chi connectivity index (χ2n) is 4.14. The largest absolute Gasteiger partial charge is 0.490 e. The van der Waals surface area contributed by atoms with E-state index in [2.05, 4.69) is 4.90 Å². The van der Waals surface area contributed by atoms with Crippen LogP contribution in [0.3, 0.4) is 0 Å². The summed E-state index contributed by atoms with van der Waals surface area (Å²) in [5.74, 6) is 1.56. The lowest BCUT2D eigenvalue weighted by atomic mass is 10.3. The summed E-state index contributed by atoms with van der Waals surface area (Å²) in [5, 5.41) is 0. The molecule has 0 spiro atoms. The number of hydrogen-bond donors (Lipinski definition) is 0. The van der Waals surface area contributed by atoms with Crippen molar-refractivity contribution in [3.8, 4) is 11.5 Å². The molecule has 102 valence electrons. The lowest BCUT2D eigenvalue weighted by molar-refractivity contribution is 0.0879. The summed E-state index contributed by atoms with van der Waals surface area (Å²) in [5.41, 5.74) is 0. The zero-order chi connectivity index (χ0) is 13.2. The predicted molar refractivity (Wildman–Crippen MR) is 72.5 cm³/mol. The maximum absolute atomic E-state index is 5.63. The normalized spacial score (nSPS) is 10.7. The zero-order valence-electron chi connectivity index (χ0n) is 11.5. The molecule has 0 fully saturated rings. The number of para-hydroxylation sites is 2. The van der Waals surface area contributed by atoms with Crippen molar-refractivity contribution in [1.29, 1.82) is 0 Å². The van der Waals surface area contributed by atoms with Gasteiger partial charge in [0.15, 0.2) is 11.5 Å². The molecule has 0 N–H and O–H groups in total. The lowest BCUT2D eigenvalue weighted by Gasteiger charge is -2.12. The van der Waals surface area contributed by atoms with Gasteiger partial charge >= 0.3 is 0 Å². The first kappa shape index (κ1) is 14.8. The van der Waals surface area contributed by atoms with E-state index in [0.29, 0.717) is 19.8 Å². The quantitative estimate of drug-likeness (QED) is 0.630. The molecule has 0 atom stereocenters. The second kappa shape index (κ2) is 8.78. The van der Waals surface area contributed by atoms with Gasteiger partial charge in [0.05, 0.1) is 19.8 Å². The molecule has 18 heavy (non-hydrogen) atoms. The average molecular weight is 253 g/mol. The highest BCUT2D eigenvalue weighted by Crippen LogP contribution is 2.26. The summed E-state index contributed by atoms with van der Waals surface area (Å²) in [6.07, 6.45) is 0. The van der Waals surface area contributed by atoms with Gasteiger partial charge in [0.25, 0.3) is 0 Å². The Morgan fingerprint density at radius 2 is 1.61 bits per heavy atom. The number of rotatable bonds is 9. The summed E-state index contributed by atoms with van der Waals surface area (Å²) in [4.78, 5) is 2.09. The van der Waals surface area contributed by atoms with E-state index in [1.165, 1.54) is 0 Å². The molecule has 0 amide bonds. The number of hydrogen-bond acceptors (Lipinski definition) is 4. The Bertz CT molecular complexity index is 329. The van der Waals surface area contributed by atoms with E-state index in [0.717, 1.165) is 24.7 Å². The van der Waals surface area contributed by atoms with Gasteiger partial charge in [-0.3, -0.25) is 0 Å². The van der Waals surface area contributed by atoms with Crippen LogP contribution in [0.25, 0.3) is 0 Å². The van der Waals surface area contributed by atoms with Crippen molar-refractivity contribution in [2.24, 2.45) is 0 Å². The molecular formula is C14H23NO3. The fourth-order valence-corrected chi connectivity index (χ4v) is 1.40. The van der Waals surface area contributed by atoms with E-state index in [4.69, 9.17) is 14.2 Å². The van der Waals surface area contributed by atoms with Gasteiger partial charge in [0.1, 0.15) is 6.61 Å². The van der Waals surface area contributed by atoms with Gasteiger partial charge in [0.2, 0.25) is 0 Å². The lowest BCUT2D eigenvalue weighted by Crippen LogP contribution is -2.19. The molecule has 0 aliphatic carbocycles. The van der Waals surface area contributed by atoms with Crippen molar-refractivity contribution < 1.29 is 14.2 Å². The molecule has 0 aliphatic heterocycles. The minimum Gasteiger partial charge on any atom is -0.490 e. The molecule has 4 nitrogen and oxygen atoms in total. The van der Waals surface area contributed by atoms with Gasteiger partial charge < -0.3 is 19.1 Å². The van der Waals surface area contributed by atoms with Gasteiger partial charge in [0, 0.05) is 6.54 Å². The molecule has 0 heterocycles. The minimum absolute atomic E-state index is 0.539. The van der Waals surface area contributed by atoms with Gasteiger partial charge in [-0.1, -0.05) is 12.1 Å². The number of nitrogens with zero attached hydrogens (tertiary/aromatic N) is 1. The summed E-state index contributed by atoms with van der Waals surface area (Å²) < 4.78 is 16.6. The van der Waals surface area contributed by atoms with Crippen LogP contribution in [0.4, 0.5) is 0 Å². The molecule has 0 aliphatic rings. The maximum atomic E-state index is 5.63. The van der Waals surface area contributed by atoms with Crippen LogP contribution >= 0.6 is 0 Å². The molecule has 0 unspecified atom stereocenters. The molecule has 0 saturated heterocycles. The topological polar surface area (TPSA) is 30.9 Å². The van der Waals surface area contributed by atoms with E-state index < -0.39 is 0 Å². The SMILES string of the molecule is CCOc1ccccc1OCCOCCN(C)C. The Balaban J connectivity index is 2.22. The Hall–Kier alpha value is -1.26. The van der Waals surface area contributed by atoms with Crippen LogP contribution in [0.5, 0.6) is 11.5 Å². The van der Waals surface area contributed by atoms with Crippen molar-refractivity contribution in [2.75, 3.05) is 47.1 Å². The van der Waals surface area contributed by atoms with E-state index in [1.807, 2.05) is 45.3 Å². The van der Waals surface area contributed by atoms with E-state index in [1.54, 1.807) is 0 Å². The van der Waals surface area contributed by atoms with Gasteiger partial charge in [-0.25, -0.2) is 0 Å². The van der Waals surface area contributed by atoms with Crippen LogP contribution in [-0.4, -0.2) is 52.0 Å². The maximum Gasteiger partial charge on any atom is 0.161 e. The minimum atomic E-state index is 0.539. The predicted octanol–water partition coefficient (Wildman–Crippen LogP) is 2.04. The fourth-order valence-electron chi connectivity index (χ4n) is 1.40. The van der Waals surface area contributed by atoms with Crippen molar-refractivity contribution in [2.45, 2.75) is 6.92 Å². The van der Waals surface area contributed by atoms with Crippen molar-refractivity contribution in [3.63, 3.8) is 0 Å². The summed E-state index contributed by atoms with van der Waals surface area (Å²) in [7, 11) is 4.05. The van der Waals surface area contributed by atoms with Crippen molar-refractivity contribution >= 4 is 0 Å². The summed E-state index contributed by atoms with van der Waals surface area (Å²) in [6.45, 7) is 5.38. The molecule has 1 aromatic carbocycles. The van der Waals surface area contributed by atoms with Gasteiger partial charge in [-0.15, -0.1) is 0 Å². The first-order chi connectivity index (χ1) is 8.74. The van der Waals surface area contributed by atoms with Crippen molar-refractivity contribution in [1.82, 2.24) is 4.90 Å². The molecule has 0 bridgehead atoms. The second-order valence-corrected chi connectivity index (χ2v) is 4.14. The third kappa shape index (κ3) is 5.89. The van der Waals surface area contributed by atoms with E-state index in [-0.39, 0.29) is 0 Å². The molecule has 4 heteroatoms. The Morgan fingerprint density at radius 3 is 2.22 bits per heavy atom. The third-order valence-corrected chi connectivity index (χ3v) is 2.32. The molecular weight excluding hydrogens is 230 g/mol. The number of likely N-dealkylation sites (N-methyl/N-ethyl adjacent to an activating group) is 1. The van der Waals surface area contributed by atoms with E-state index in [9.17, 15) is 0 Å². The van der Waals surface area contributed by atoms with Crippen LogP contribution in [0.2, 0.25) is 0 Å². The summed E-state index contributed by atoms with van der Waals surface area (Å²) >= 11 is 0. The molecule has 1 aromatic rings. The smallest absolute Gasteiger partial charge is 0.161 e. The standard InChI is InChI=1S/C14H23NO3/c1-4-17-13-7-5-6-8-14(13)18-12-11-16-10-9-15(2)3/h5-8H,4,9-12H2,1-3H3. The van der Waals surface area contributed by atoms with Crippen LogP contribution in [0, 0.1) is 0 Å². The van der Waals surface area contributed by atoms with Gasteiger partial charge in [-0.05, 0) is 33.2 Å².